The Hall–Kier alpha value is -0.720. The second-order valence-electron chi connectivity index (χ2n) is 5.51. The van der Waals surface area contributed by atoms with Crippen molar-refractivity contribution in [2.24, 2.45) is 5.92 Å². The van der Waals surface area contributed by atoms with Crippen LogP contribution in [0.3, 0.4) is 0 Å². The first-order valence-electron chi connectivity index (χ1n) is 8.44. The van der Waals surface area contributed by atoms with E-state index in [-0.39, 0.29) is 24.2 Å². The van der Waals surface area contributed by atoms with Crippen LogP contribution < -0.4 is 0 Å². The molecule has 6 atom stereocenters. The quantitative estimate of drug-likeness (QED) is 0.464. The summed E-state index contributed by atoms with van der Waals surface area (Å²) in [5.74, 6) is -0.165. The molecule has 5 nitrogen and oxygen atoms in total. The molecule has 0 bridgehead atoms. The maximum atomic E-state index is 9.54. The summed E-state index contributed by atoms with van der Waals surface area (Å²) in [7, 11) is 0. The molecule has 0 saturated heterocycles. The van der Waals surface area contributed by atoms with Crippen LogP contribution in [0.1, 0.15) is 32.6 Å². The van der Waals surface area contributed by atoms with Crippen LogP contribution in [0.25, 0.3) is 0 Å². The molecule has 1 aliphatic carbocycles. The lowest BCUT2D eigenvalue weighted by atomic mass is 9.98. The Morgan fingerprint density at radius 2 is 2.40 bits per heavy atom. The summed E-state index contributed by atoms with van der Waals surface area (Å²) >= 11 is 0. The van der Waals surface area contributed by atoms with Gasteiger partial charge in [-0.2, -0.15) is 0 Å². The van der Waals surface area contributed by atoms with Crippen molar-refractivity contribution in [3.05, 3.63) is 23.8 Å². The van der Waals surface area contributed by atoms with Gasteiger partial charge < -0.3 is 25.2 Å². The fraction of sp³-hybridized carbons (Fsp3) is 0.733. The minimum atomic E-state index is -0.902. The number of hydrogen-bond donors (Lipinski definition) is 4. The van der Waals surface area contributed by atoms with Crippen molar-refractivity contribution in [1.82, 2.24) is 0 Å². The highest BCUT2D eigenvalue weighted by molar-refractivity contribution is 5.29. The summed E-state index contributed by atoms with van der Waals surface area (Å²) < 4.78 is 26.7. The van der Waals surface area contributed by atoms with E-state index < -0.39 is 12.4 Å². The minimum Gasteiger partial charge on any atom is -0.393 e. The molecule has 1 heterocycles. The van der Waals surface area contributed by atoms with Gasteiger partial charge in [0.2, 0.25) is 4.29 Å². The maximum Gasteiger partial charge on any atom is 0.211 e. The lowest BCUT2D eigenvalue weighted by Crippen LogP contribution is -2.15. The fourth-order valence-electron chi connectivity index (χ4n) is 2.78. The molecule has 2 aliphatic rings. The Morgan fingerprint density at radius 3 is 3.10 bits per heavy atom. The molecule has 0 radical (unpaired) electrons. The van der Waals surface area contributed by atoms with Crippen LogP contribution in [-0.4, -0.2) is 55.4 Å². The first-order valence-corrected chi connectivity index (χ1v) is 7.22. The van der Waals surface area contributed by atoms with Crippen molar-refractivity contribution in [2.75, 3.05) is 0 Å². The molecule has 1 saturated carbocycles. The number of aliphatic hydroxyl groups excluding tert-OH is 4. The molecule has 4 N–H and O–H groups in total. The molecule has 0 aromatic rings. The van der Waals surface area contributed by atoms with Gasteiger partial charge in [-0.25, -0.2) is 0 Å². The molecule has 2 rings (SSSR count). The standard InChI is InChI=1S/C15H24O5/c1-2-9(16)3-4-10(17)5-6-11-12-7-15(19)20-14(12)8-13(11)18/h5-7,9-11,13-19H,2-4,8H2,1H3/t9?,10?,11-,13+,14-,15?/m0/s1/i16T,17T,18T. The normalized spacial score (nSPS) is 38.1. The molecule has 114 valence electrons. The lowest BCUT2D eigenvalue weighted by molar-refractivity contribution is -0.0786. The van der Waals surface area contributed by atoms with Gasteiger partial charge in [-0.05, 0) is 30.9 Å². The van der Waals surface area contributed by atoms with Crippen molar-refractivity contribution in [3.63, 3.8) is 0 Å². The van der Waals surface area contributed by atoms with Crippen LogP contribution in [0.4, 0.5) is 0 Å². The number of rotatable bonds is 9. The van der Waals surface area contributed by atoms with Crippen LogP contribution in [-0.2, 0) is 4.74 Å². The molecule has 0 aromatic carbocycles. The van der Waals surface area contributed by atoms with Crippen molar-refractivity contribution >= 4 is 0 Å². The topological polar surface area (TPSA) is 90.2 Å². The largest absolute Gasteiger partial charge is 0.393 e. The van der Waals surface area contributed by atoms with Crippen LogP contribution in [0.5, 0.6) is 0 Å². The predicted molar refractivity (Wildman–Crippen MR) is 73.8 cm³/mol. The summed E-state index contributed by atoms with van der Waals surface area (Å²) in [6, 6.07) is 0. The zero-order valence-corrected chi connectivity index (χ0v) is 11.6. The van der Waals surface area contributed by atoms with Gasteiger partial charge in [0.1, 0.15) is 0 Å². The van der Waals surface area contributed by atoms with Crippen molar-refractivity contribution in [1.29, 1.82) is 4.29 Å². The zero-order valence-electron chi connectivity index (χ0n) is 14.6. The van der Waals surface area contributed by atoms with E-state index in [1.165, 1.54) is 0 Å². The molecule has 0 amide bonds. The highest BCUT2D eigenvalue weighted by atomic mass is 16.6. The Labute approximate surface area is 123 Å². The number of hydrogen-bond acceptors (Lipinski definition) is 5. The molecule has 3 unspecified atom stereocenters. The van der Waals surface area contributed by atoms with Gasteiger partial charge in [0.05, 0.1) is 24.4 Å². The van der Waals surface area contributed by atoms with Crippen LogP contribution in [0.15, 0.2) is 23.8 Å². The highest BCUT2D eigenvalue weighted by Gasteiger charge is 2.41. The zero-order chi connectivity index (χ0) is 16.8. The maximum absolute atomic E-state index is 9.54. The molecule has 0 spiro atoms. The van der Waals surface area contributed by atoms with E-state index in [1.54, 1.807) is 12.2 Å². The first kappa shape index (κ1) is 11.9. The van der Waals surface area contributed by atoms with Crippen LogP contribution in [0.2, 0.25) is 0 Å². The van der Waals surface area contributed by atoms with E-state index in [4.69, 9.17) is 19.2 Å². The van der Waals surface area contributed by atoms with Gasteiger partial charge >= 0.3 is 0 Å². The molecule has 1 aliphatic heterocycles. The monoisotopic (exact) mass is 290 g/mol. The summed E-state index contributed by atoms with van der Waals surface area (Å²) in [5, 5.41) is 23.6. The van der Waals surface area contributed by atoms with Crippen LogP contribution >= 0.6 is 0 Å². The van der Waals surface area contributed by atoms with Gasteiger partial charge in [-0.1, -0.05) is 19.1 Å². The Morgan fingerprint density at radius 1 is 1.50 bits per heavy atom. The Balaban J connectivity index is 1.96. The molecule has 20 heavy (non-hydrogen) atoms. The molecule has 5 heteroatoms. The third kappa shape index (κ3) is 3.68. The Bertz CT molecular complexity index is 427. The lowest BCUT2D eigenvalue weighted by Gasteiger charge is -2.13. The molecule has 0 aromatic heterocycles. The van der Waals surface area contributed by atoms with E-state index in [0.717, 1.165) is 12.0 Å². The summed E-state index contributed by atoms with van der Waals surface area (Å²) in [6.45, 7) is 1.94. The highest BCUT2D eigenvalue weighted by Crippen LogP contribution is 2.39. The SMILES string of the molecule is [3H]OC(C=C[C@H]1C2=CC(O)O[C@H]2C[C@H]1O[3H])CCC(CC)O[3H]. The minimum absolute atomic E-state index is 0.165. The predicted octanol–water partition coefficient (Wildman–Crippen LogP) is 0.479. The fourth-order valence-corrected chi connectivity index (χ4v) is 2.78. The van der Waals surface area contributed by atoms with E-state index in [1.807, 2.05) is 13.0 Å². The molecular weight excluding hydrogens is 260 g/mol. The average molecular weight is 290 g/mol. The van der Waals surface area contributed by atoms with E-state index in [9.17, 15) is 5.11 Å². The summed E-state index contributed by atoms with van der Waals surface area (Å²) in [4.78, 5) is 0. The van der Waals surface area contributed by atoms with Gasteiger partial charge in [-0.15, -0.1) is 0 Å². The van der Waals surface area contributed by atoms with Crippen molar-refractivity contribution in [3.8, 4) is 0 Å². The van der Waals surface area contributed by atoms with Crippen LogP contribution in [0, 0.1) is 5.92 Å². The number of aliphatic hydroxyl groups is 4. The van der Waals surface area contributed by atoms with Gasteiger partial charge in [-0.3, -0.25) is 0 Å². The second kappa shape index (κ2) is 6.83. The first-order chi connectivity index (χ1) is 11.1. The third-order valence-corrected chi connectivity index (χ3v) is 4.00. The van der Waals surface area contributed by atoms with Crippen molar-refractivity contribution < 1.29 is 25.2 Å². The number of fused-ring (bicyclic) bond motifs is 1. The number of ether oxygens (including phenoxy) is 1. The van der Waals surface area contributed by atoms with Gasteiger partial charge in [0, 0.05) is 12.3 Å². The van der Waals surface area contributed by atoms with E-state index in [0.29, 0.717) is 19.3 Å². The van der Waals surface area contributed by atoms with E-state index >= 15 is 0 Å². The third-order valence-electron chi connectivity index (χ3n) is 4.00. The summed E-state index contributed by atoms with van der Waals surface area (Å²) in [6.07, 6.45) is 5.70. The average Bonchev–Trinajstić information content (AvgIpc) is 3.07. The van der Waals surface area contributed by atoms with Gasteiger partial charge in [0.25, 0.3) is 0 Å². The second-order valence-corrected chi connectivity index (χ2v) is 5.51. The van der Waals surface area contributed by atoms with Crippen molar-refractivity contribution in [2.45, 2.75) is 63.3 Å². The van der Waals surface area contributed by atoms with E-state index in [2.05, 4.69) is 5.11 Å². The smallest absolute Gasteiger partial charge is 0.211 e. The Kier molecular flexibility index (Phi) is 4.06. The van der Waals surface area contributed by atoms with Gasteiger partial charge in [0.15, 0.2) is 6.29 Å². The summed E-state index contributed by atoms with van der Waals surface area (Å²) in [5.41, 5.74) is 0.913. The molecular formula is C15H24O5. The molecule has 1 fully saturated rings.